The van der Waals surface area contributed by atoms with Gasteiger partial charge in [-0.25, -0.2) is 0 Å². The zero-order chi connectivity index (χ0) is 30.6. The summed E-state index contributed by atoms with van der Waals surface area (Å²) in [6, 6.07) is 12.4. The summed E-state index contributed by atoms with van der Waals surface area (Å²) < 4.78 is 11.7. The van der Waals surface area contributed by atoms with Crippen molar-refractivity contribution in [2.24, 2.45) is 11.8 Å². The van der Waals surface area contributed by atoms with Crippen LogP contribution in [0.1, 0.15) is 95.0 Å². The topological polar surface area (TPSA) is 93.5 Å². The first-order chi connectivity index (χ1) is 20.3. The monoisotopic (exact) mass is 607 g/mol. The summed E-state index contributed by atoms with van der Waals surface area (Å²) in [4.78, 5) is 41.3. The molecular formula is C34H41NO5S2. The summed E-state index contributed by atoms with van der Waals surface area (Å²) >= 11 is 2.57. The maximum Gasteiger partial charge on any atom is 0.314 e. The van der Waals surface area contributed by atoms with Crippen LogP contribution in [0.4, 0.5) is 0 Å². The van der Waals surface area contributed by atoms with Gasteiger partial charge in [-0.1, -0.05) is 83.0 Å². The fourth-order valence-electron chi connectivity index (χ4n) is 4.90. The van der Waals surface area contributed by atoms with Gasteiger partial charge in [0.15, 0.2) is 0 Å². The molecule has 0 bridgehead atoms. The number of carbonyl (C=O) groups is 3. The van der Waals surface area contributed by atoms with E-state index in [4.69, 9.17) is 9.47 Å². The molecule has 0 spiro atoms. The summed E-state index contributed by atoms with van der Waals surface area (Å²) in [6.45, 7) is 8.25. The van der Waals surface area contributed by atoms with Gasteiger partial charge in [-0.15, -0.1) is 0 Å². The molecule has 224 valence electrons. The predicted octanol–water partition coefficient (Wildman–Crippen LogP) is 8.96. The molecule has 1 aliphatic rings. The third kappa shape index (κ3) is 8.29. The molecule has 6 nitrogen and oxygen atoms in total. The van der Waals surface area contributed by atoms with E-state index in [0.717, 1.165) is 55.4 Å². The highest BCUT2D eigenvalue weighted by Crippen LogP contribution is 2.57. The van der Waals surface area contributed by atoms with Crippen LogP contribution in [0.25, 0.3) is 0 Å². The van der Waals surface area contributed by atoms with Crippen LogP contribution in [0.15, 0.2) is 56.0 Å². The van der Waals surface area contributed by atoms with E-state index in [-0.39, 0.29) is 35.6 Å². The van der Waals surface area contributed by atoms with Crippen LogP contribution in [0.3, 0.4) is 0 Å². The van der Waals surface area contributed by atoms with Crippen LogP contribution in [0.5, 0.6) is 11.5 Å². The van der Waals surface area contributed by atoms with E-state index >= 15 is 0 Å². The number of hydrogen-bond donors (Lipinski definition) is 0. The van der Waals surface area contributed by atoms with Crippen LogP contribution >= 0.6 is 23.5 Å². The average Bonchev–Trinajstić information content (AvgIpc) is 3.45. The minimum absolute atomic E-state index is 0.0117. The SMILES string of the molecule is CCCCC(CC)C(=O)Cc1ccc(OC(=O)C(CC)CCCC)c2c1S/C(=C(\C#N)C(=O)c1ccc(OC)cc1)S2. The van der Waals surface area contributed by atoms with Gasteiger partial charge in [-0.05, 0) is 61.6 Å². The second-order valence-electron chi connectivity index (χ2n) is 10.5. The Bertz CT molecular complexity index is 1280. The molecule has 3 rings (SSSR count). The number of rotatable bonds is 16. The molecule has 0 aliphatic carbocycles. The van der Waals surface area contributed by atoms with E-state index in [1.54, 1.807) is 37.4 Å². The molecule has 2 aromatic carbocycles. The van der Waals surface area contributed by atoms with Crippen LogP contribution < -0.4 is 9.47 Å². The van der Waals surface area contributed by atoms with Crippen molar-refractivity contribution in [3.05, 3.63) is 57.3 Å². The quantitative estimate of drug-likeness (QED) is 0.0614. The molecule has 2 aromatic rings. The molecule has 0 saturated heterocycles. The van der Waals surface area contributed by atoms with E-state index in [2.05, 4.69) is 19.9 Å². The van der Waals surface area contributed by atoms with Gasteiger partial charge in [0.1, 0.15) is 28.9 Å². The maximum absolute atomic E-state index is 13.4. The number of fused-ring (bicyclic) bond motifs is 1. The maximum atomic E-state index is 13.4. The normalized spacial score (nSPS) is 14.9. The van der Waals surface area contributed by atoms with Crippen molar-refractivity contribution in [3.8, 4) is 17.6 Å². The lowest BCUT2D eigenvalue weighted by atomic mass is 9.91. The summed E-state index contributed by atoms with van der Waals surface area (Å²) in [5.74, 6) is 0.315. The Kier molecular flexibility index (Phi) is 13.2. The molecule has 2 unspecified atom stereocenters. The van der Waals surface area contributed by atoms with Crippen molar-refractivity contribution < 1.29 is 23.9 Å². The summed E-state index contributed by atoms with van der Waals surface area (Å²) in [5, 5.41) is 10.1. The van der Waals surface area contributed by atoms with Gasteiger partial charge in [0.25, 0.3) is 0 Å². The predicted molar refractivity (Wildman–Crippen MR) is 169 cm³/mol. The molecule has 1 aliphatic heterocycles. The van der Waals surface area contributed by atoms with Crippen molar-refractivity contribution in [3.63, 3.8) is 0 Å². The largest absolute Gasteiger partial charge is 0.497 e. The molecule has 0 radical (unpaired) electrons. The minimum atomic E-state index is -0.393. The second-order valence-corrected chi connectivity index (χ2v) is 12.8. The lowest BCUT2D eigenvalue weighted by Gasteiger charge is -2.17. The highest BCUT2D eigenvalue weighted by atomic mass is 32.2. The zero-order valence-corrected chi connectivity index (χ0v) is 26.9. The number of Topliss-reactive ketones (excluding diaryl/α,β-unsaturated/α-hetero) is 2. The van der Waals surface area contributed by atoms with Crippen LogP contribution in [0.2, 0.25) is 0 Å². The van der Waals surface area contributed by atoms with E-state index < -0.39 is 5.78 Å². The molecule has 0 aromatic heterocycles. The van der Waals surface area contributed by atoms with Gasteiger partial charge in [-0.2, -0.15) is 5.26 Å². The summed E-state index contributed by atoms with van der Waals surface area (Å²) in [7, 11) is 1.55. The number of unbranched alkanes of at least 4 members (excludes halogenated alkanes) is 2. The number of methoxy groups -OCH3 is 1. The Hall–Kier alpha value is -3.02. The van der Waals surface area contributed by atoms with Gasteiger partial charge in [0.05, 0.1) is 22.2 Å². The Labute approximate surface area is 258 Å². The number of nitrogens with zero attached hydrogens (tertiary/aromatic N) is 1. The highest BCUT2D eigenvalue weighted by Gasteiger charge is 2.32. The molecule has 2 atom stereocenters. The lowest BCUT2D eigenvalue weighted by molar-refractivity contribution is -0.139. The molecule has 42 heavy (non-hydrogen) atoms. The highest BCUT2D eigenvalue weighted by molar-refractivity contribution is 8.24. The van der Waals surface area contributed by atoms with E-state index in [1.165, 1.54) is 23.5 Å². The standard InChI is InChI=1S/C34H41NO5S2/c1-6-10-12-22(8-3)28(36)20-25-16-19-29(40-33(38)23(9-4)13-11-7-2)32-31(25)41-34(42-32)27(21-35)30(37)24-14-17-26(39-5)18-15-24/h14-19,22-23H,6-13,20H2,1-5H3/b34-27-. The number of benzene rings is 2. The number of ether oxygens (including phenoxy) is 2. The number of nitriles is 1. The second kappa shape index (κ2) is 16.6. The number of carbonyl (C=O) groups excluding carboxylic acids is 3. The Balaban J connectivity index is 2.00. The Morgan fingerprint density at radius 3 is 2.05 bits per heavy atom. The first-order valence-corrected chi connectivity index (χ1v) is 16.5. The fourth-order valence-corrected chi connectivity index (χ4v) is 7.57. The van der Waals surface area contributed by atoms with E-state index in [1.807, 2.05) is 19.9 Å². The molecule has 0 fully saturated rings. The number of allylic oxidation sites excluding steroid dienone is 1. The van der Waals surface area contributed by atoms with Gasteiger partial charge in [-0.3, -0.25) is 14.4 Å². The third-order valence-corrected chi connectivity index (χ3v) is 10.3. The van der Waals surface area contributed by atoms with Crippen molar-refractivity contribution in [2.45, 2.75) is 95.3 Å². The smallest absolute Gasteiger partial charge is 0.314 e. The van der Waals surface area contributed by atoms with Gasteiger partial charge >= 0.3 is 5.97 Å². The van der Waals surface area contributed by atoms with Gasteiger partial charge < -0.3 is 9.47 Å². The molecular weight excluding hydrogens is 567 g/mol. The number of hydrogen-bond acceptors (Lipinski definition) is 8. The zero-order valence-electron chi connectivity index (χ0n) is 25.3. The van der Waals surface area contributed by atoms with Crippen LogP contribution in [-0.2, 0) is 16.0 Å². The number of esters is 1. The summed E-state index contributed by atoms with van der Waals surface area (Å²) in [5.41, 5.74) is 1.22. The Morgan fingerprint density at radius 2 is 1.48 bits per heavy atom. The molecule has 8 heteroatoms. The van der Waals surface area contributed by atoms with Crippen molar-refractivity contribution in [2.75, 3.05) is 7.11 Å². The number of ketones is 2. The lowest BCUT2D eigenvalue weighted by Crippen LogP contribution is -2.20. The van der Waals surface area contributed by atoms with Gasteiger partial charge in [0.2, 0.25) is 5.78 Å². The van der Waals surface area contributed by atoms with Crippen LogP contribution in [-0.4, -0.2) is 24.6 Å². The third-order valence-electron chi connectivity index (χ3n) is 7.60. The Morgan fingerprint density at radius 1 is 0.857 bits per heavy atom. The molecule has 1 heterocycles. The van der Waals surface area contributed by atoms with Crippen molar-refractivity contribution in [1.29, 1.82) is 5.26 Å². The van der Waals surface area contributed by atoms with E-state index in [9.17, 15) is 19.6 Å². The average molecular weight is 608 g/mol. The molecule has 0 N–H and O–H groups in total. The first-order valence-electron chi connectivity index (χ1n) is 14.9. The van der Waals surface area contributed by atoms with Gasteiger partial charge in [0, 0.05) is 22.8 Å². The molecule has 0 saturated carbocycles. The molecule has 0 amide bonds. The summed E-state index contributed by atoms with van der Waals surface area (Å²) in [6.07, 6.45) is 7.34. The fraction of sp³-hybridized carbons (Fsp3) is 0.471. The first kappa shape index (κ1) is 33.5. The number of thioether (sulfide) groups is 2. The van der Waals surface area contributed by atoms with Crippen LogP contribution in [0, 0.1) is 23.2 Å². The van der Waals surface area contributed by atoms with E-state index in [0.29, 0.717) is 32.6 Å². The van der Waals surface area contributed by atoms with Crippen molar-refractivity contribution >= 4 is 41.1 Å². The minimum Gasteiger partial charge on any atom is -0.497 e. The van der Waals surface area contributed by atoms with Crippen molar-refractivity contribution in [1.82, 2.24) is 0 Å².